The van der Waals surface area contributed by atoms with Crippen molar-refractivity contribution in [3.05, 3.63) is 48.6 Å². The molecule has 0 heterocycles. The van der Waals surface area contributed by atoms with Gasteiger partial charge in [-0.15, -0.1) is 0 Å². The van der Waals surface area contributed by atoms with E-state index in [2.05, 4.69) is 44.2 Å². The van der Waals surface area contributed by atoms with Crippen molar-refractivity contribution in [1.29, 1.82) is 0 Å². The zero-order valence-corrected chi connectivity index (χ0v) is 19.3. The Morgan fingerprint density at radius 3 is 2.36 bits per heavy atom. The van der Waals surface area contributed by atoms with Crippen molar-refractivity contribution in [2.45, 2.75) is 90.4 Å². The highest BCUT2D eigenvalue weighted by Gasteiger charge is 2.18. The Hall–Kier alpha value is -1.06. The molecule has 1 N–H and O–H groups in total. The summed E-state index contributed by atoms with van der Waals surface area (Å²) < 4.78 is 0. The van der Waals surface area contributed by atoms with Crippen LogP contribution in [0.1, 0.15) is 79.1 Å². The Bertz CT molecular complexity index is 491. The van der Waals surface area contributed by atoms with Gasteiger partial charge in [-0.3, -0.25) is 4.79 Å². The Labute approximate surface area is 178 Å². The minimum atomic E-state index is -0.359. The molecule has 0 aliphatic heterocycles. The third-order valence-corrected chi connectivity index (χ3v) is 6.20. The number of aliphatic hydroxyl groups excluding tert-OH is 1. The number of allylic oxidation sites excluding steroid dienone is 7. The molecule has 0 amide bonds. The molecule has 0 saturated heterocycles. The summed E-state index contributed by atoms with van der Waals surface area (Å²) in [5.74, 6) is 0.998. The Kier molecular flexibility index (Phi) is 18.5. The van der Waals surface area contributed by atoms with Crippen LogP contribution in [0.3, 0.4) is 0 Å². The van der Waals surface area contributed by atoms with E-state index in [1.165, 1.54) is 25.7 Å². The molecule has 0 aliphatic carbocycles. The largest absolute Gasteiger partial charge is 0.392 e. The molecule has 0 fully saturated rings. The van der Waals surface area contributed by atoms with Crippen molar-refractivity contribution in [3.63, 3.8) is 0 Å². The minimum absolute atomic E-state index is 0.0350. The highest BCUT2D eigenvalue weighted by molar-refractivity contribution is 8.00. The monoisotopic (exact) mass is 406 g/mol. The smallest absolute Gasteiger partial charge is 0.133 e. The van der Waals surface area contributed by atoms with Crippen LogP contribution in [0.2, 0.25) is 0 Å². The van der Waals surface area contributed by atoms with Crippen molar-refractivity contribution in [2.75, 3.05) is 5.75 Å². The molecular formula is C25H42O2S. The SMILES string of the molecule is CCCCC/C=C/C/C=C/C=C/C=C\C(SCC(C)C(C)=O)C(O)CCCC. The number of carbonyl (C=O) groups is 1. The molecule has 0 aromatic carbocycles. The lowest BCUT2D eigenvalue weighted by atomic mass is 10.1. The molecule has 0 saturated carbocycles. The maximum Gasteiger partial charge on any atom is 0.133 e. The van der Waals surface area contributed by atoms with E-state index in [1.54, 1.807) is 18.7 Å². The van der Waals surface area contributed by atoms with E-state index in [-0.39, 0.29) is 23.1 Å². The van der Waals surface area contributed by atoms with Gasteiger partial charge < -0.3 is 5.11 Å². The van der Waals surface area contributed by atoms with Crippen molar-refractivity contribution < 1.29 is 9.90 Å². The molecule has 0 aromatic rings. The average Bonchev–Trinajstić information content (AvgIpc) is 2.68. The molecule has 0 spiro atoms. The van der Waals surface area contributed by atoms with Gasteiger partial charge in [-0.05, 0) is 32.6 Å². The van der Waals surface area contributed by atoms with Gasteiger partial charge in [-0.25, -0.2) is 0 Å². The molecule has 28 heavy (non-hydrogen) atoms. The Morgan fingerprint density at radius 1 is 0.964 bits per heavy atom. The lowest BCUT2D eigenvalue weighted by molar-refractivity contribution is -0.119. The molecule has 3 heteroatoms. The van der Waals surface area contributed by atoms with Gasteiger partial charge in [-0.1, -0.05) is 95.1 Å². The van der Waals surface area contributed by atoms with E-state index >= 15 is 0 Å². The Morgan fingerprint density at radius 2 is 1.68 bits per heavy atom. The van der Waals surface area contributed by atoms with Crippen LogP contribution in [0.15, 0.2) is 48.6 Å². The summed E-state index contributed by atoms with van der Waals surface area (Å²) in [4.78, 5) is 11.5. The molecule has 0 aromatic heterocycles. The second-order valence-electron chi connectivity index (χ2n) is 7.42. The topological polar surface area (TPSA) is 37.3 Å². The molecule has 0 radical (unpaired) electrons. The van der Waals surface area contributed by atoms with Crippen LogP contribution < -0.4 is 0 Å². The zero-order valence-electron chi connectivity index (χ0n) is 18.5. The summed E-state index contributed by atoms with van der Waals surface area (Å²) in [6.45, 7) is 7.96. The maximum absolute atomic E-state index is 11.5. The molecule has 160 valence electrons. The summed E-state index contributed by atoms with van der Waals surface area (Å²) in [6, 6.07) is 0. The fraction of sp³-hybridized carbons (Fsp3) is 0.640. The lowest BCUT2D eigenvalue weighted by Gasteiger charge is -2.20. The molecule has 3 atom stereocenters. The van der Waals surface area contributed by atoms with Crippen LogP contribution in [-0.2, 0) is 4.79 Å². The predicted octanol–water partition coefficient (Wildman–Crippen LogP) is 7.06. The molecular weight excluding hydrogens is 364 g/mol. The van der Waals surface area contributed by atoms with Gasteiger partial charge in [0.05, 0.1) is 6.10 Å². The number of ketones is 1. The van der Waals surface area contributed by atoms with Crippen LogP contribution in [0, 0.1) is 5.92 Å². The number of carbonyl (C=O) groups excluding carboxylic acids is 1. The predicted molar refractivity (Wildman–Crippen MR) is 127 cm³/mol. The first-order valence-corrected chi connectivity index (χ1v) is 12.0. The second-order valence-corrected chi connectivity index (χ2v) is 8.63. The summed E-state index contributed by atoms with van der Waals surface area (Å²) in [5, 5.41) is 10.5. The molecule has 2 nitrogen and oxygen atoms in total. The van der Waals surface area contributed by atoms with Gasteiger partial charge in [0, 0.05) is 16.9 Å². The van der Waals surface area contributed by atoms with E-state index in [1.807, 2.05) is 25.2 Å². The molecule has 0 rings (SSSR count). The quantitative estimate of drug-likeness (QED) is 0.160. The highest BCUT2D eigenvalue weighted by Crippen LogP contribution is 2.23. The number of unbranched alkanes of at least 4 members (excludes halogenated alkanes) is 4. The number of thioether (sulfide) groups is 1. The van der Waals surface area contributed by atoms with Gasteiger partial charge in [0.15, 0.2) is 0 Å². The zero-order chi connectivity index (χ0) is 21.0. The van der Waals surface area contributed by atoms with Crippen LogP contribution in [0.4, 0.5) is 0 Å². The first-order valence-electron chi connectivity index (χ1n) is 11.0. The van der Waals surface area contributed by atoms with Crippen molar-refractivity contribution in [2.24, 2.45) is 5.92 Å². The number of rotatable bonds is 17. The summed E-state index contributed by atoms with van der Waals surface area (Å²) in [7, 11) is 0. The first-order chi connectivity index (χ1) is 13.5. The van der Waals surface area contributed by atoms with Gasteiger partial charge >= 0.3 is 0 Å². The minimum Gasteiger partial charge on any atom is -0.392 e. The fourth-order valence-electron chi connectivity index (χ4n) is 2.51. The average molecular weight is 407 g/mol. The summed E-state index contributed by atoms with van der Waals surface area (Å²) >= 11 is 1.68. The maximum atomic E-state index is 11.5. The summed E-state index contributed by atoms with van der Waals surface area (Å²) in [6.07, 6.45) is 25.4. The van der Waals surface area contributed by atoms with Crippen LogP contribution in [0.25, 0.3) is 0 Å². The molecule has 0 aliphatic rings. The Balaban J connectivity index is 4.38. The van der Waals surface area contributed by atoms with Gasteiger partial charge in [-0.2, -0.15) is 11.8 Å². The first kappa shape index (κ1) is 26.9. The number of aliphatic hydroxyl groups is 1. The van der Waals surface area contributed by atoms with Crippen LogP contribution in [-0.4, -0.2) is 28.0 Å². The third kappa shape index (κ3) is 15.9. The van der Waals surface area contributed by atoms with Crippen molar-refractivity contribution in [3.8, 4) is 0 Å². The highest BCUT2D eigenvalue weighted by atomic mass is 32.2. The summed E-state index contributed by atoms with van der Waals surface area (Å²) in [5.41, 5.74) is 0. The van der Waals surface area contributed by atoms with Crippen molar-refractivity contribution in [1.82, 2.24) is 0 Å². The fourth-order valence-corrected chi connectivity index (χ4v) is 3.81. The van der Waals surface area contributed by atoms with E-state index in [4.69, 9.17) is 0 Å². The lowest BCUT2D eigenvalue weighted by Crippen LogP contribution is -2.23. The van der Waals surface area contributed by atoms with Gasteiger partial charge in [0.1, 0.15) is 5.78 Å². The second kappa shape index (κ2) is 19.3. The van der Waals surface area contributed by atoms with Crippen molar-refractivity contribution >= 4 is 17.5 Å². The van der Waals surface area contributed by atoms with E-state index < -0.39 is 0 Å². The normalized spacial score (nSPS) is 15.9. The number of hydrogen-bond donors (Lipinski definition) is 1. The van der Waals surface area contributed by atoms with E-state index in [9.17, 15) is 9.90 Å². The van der Waals surface area contributed by atoms with Gasteiger partial charge in [0.25, 0.3) is 0 Å². The molecule has 0 bridgehead atoms. The number of hydrogen-bond acceptors (Lipinski definition) is 3. The molecule has 3 unspecified atom stereocenters. The standard InChI is InChI=1S/C25H42O2S/c1-5-7-9-10-11-12-13-14-15-16-17-18-20-25(24(27)19-8-6-2)28-21-22(3)23(4)26/h11-12,14-18,20,22,24-25,27H,5-10,13,19,21H2,1-4H3/b12-11+,15-14+,17-16+,20-18-. The third-order valence-electron chi connectivity index (χ3n) is 4.65. The van der Waals surface area contributed by atoms with E-state index in [0.29, 0.717) is 0 Å². The number of Topliss-reactive ketones (excluding diaryl/α,β-unsaturated/α-hetero) is 1. The van der Waals surface area contributed by atoms with Gasteiger partial charge in [0.2, 0.25) is 0 Å². The van der Waals surface area contributed by atoms with Crippen LogP contribution in [0.5, 0.6) is 0 Å². The van der Waals surface area contributed by atoms with E-state index in [0.717, 1.165) is 31.4 Å². The van der Waals surface area contributed by atoms with Crippen LogP contribution >= 0.6 is 11.8 Å².